The molecule has 2 rings (SSSR count). The van der Waals surface area contributed by atoms with Crippen LogP contribution in [0.15, 0.2) is 12.1 Å². The molecule has 80 valence electrons. The molecule has 0 unspecified atom stereocenters. The quantitative estimate of drug-likeness (QED) is 0.644. The van der Waals surface area contributed by atoms with Gasteiger partial charge < -0.3 is 11.5 Å². The van der Waals surface area contributed by atoms with Crippen LogP contribution in [-0.4, -0.2) is 9.97 Å². The number of rotatable bonds is 0. The predicted octanol–water partition coefficient (Wildman–Crippen LogP) is 2.05. The number of hydrogen-bond donors (Lipinski definition) is 2. The van der Waals surface area contributed by atoms with Gasteiger partial charge in [0.05, 0.1) is 28.3 Å². The summed E-state index contributed by atoms with van der Waals surface area (Å²) in [6.45, 7) is 3.83. The van der Waals surface area contributed by atoms with Gasteiger partial charge in [-0.05, 0) is 26.0 Å². The highest BCUT2D eigenvalue weighted by Crippen LogP contribution is 2.24. The van der Waals surface area contributed by atoms with Crippen LogP contribution in [0.1, 0.15) is 18.8 Å². The molecule has 0 saturated heterocycles. The molecule has 2 aromatic rings. The van der Waals surface area contributed by atoms with Crippen molar-refractivity contribution >= 4 is 22.4 Å². The highest BCUT2D eigenvalue weighted by atomic mass is 14.8. The van der Waals surface area contributed by atoms with E-state index < -0.39 is 0 Å². The van der Waals surface area contributed by atoms with Gasteiger partial charge in [0, 0.05) is 0 Å². The van der Waals surface area contributed by atoms with E-state index in [0.29, 0.717) is 16.9 Å². The number of hydrogen-bond acceptors (Lipinski definition) is 4. The zero-order valence-corrected chi connectivity index (χ0v) is 8.20. The van der Waals surface area contributed by atoms with Crippen LogP contribution in [0.5, 0.6) is 0 Å². The number of nitrogens with two attached hydrogens (primary N) is 2. The van der Waals surface area contributed by atoms with Gasteiger partial charge in [0.15, 0.2) is 0 Å². The molecule has 0 spiro atoms. The molecule has 0 amide bonds. The summed E-state index contributed by atoms with van der Waals surface area (Å²) in [5.74, 6) is 0. The molecule has 0 aliphatic carbocycles. The van der Waals surface area contributed by atoms with Crippen LogP contribution in [0, 0.1) is 13.8 Å². The van der Waals surface area contributed by atoms with Crippen molar-refractivity contribution in [3.05, 3.63) is 23.5 Å². The van der Waals surface area contributed by atoms with Gasteiger partial charge in [-0.2, -0.15) is 0 Å². The average Bonchev–Trinajstić information content (AvgIpc) is 2.15. The summed E-state index contributed by atoms with van der Waals surface area (Å²) in [6, 6.07) is 3.58. The number of nitrogen functional groups attached to an aromatic ring is 2. The first-order valence-electron chi connectivity index (χ1n) is 4.38. The van der Waals surface area contributed by atoms with E-state index in [1.807, 2.05) is 19.9 Å². The fourth-order valence-corrected chi connectivity index (χ4v) is 1.33. The van der Waals surface area contributed by atoms with Crippen LogP contribution in [0.25, 0.3) is 11.0 Å². The summed E-state index contributed by atoms with van der Waals surface area (Å²) >= 11 is 0. The van der Waals surface area contributed by atoms with Gasteiger partial charge in [-0.25, -0.2) is 9.97 Å². The van der Waals surface area contributed by atoms with E-state index in [1.54, 1.807) is 6.07 Å². The summed E-state index contributed by atoms with van der Waals surface area (Å²) in [5, 5.41) is 0. The lowest BCUT2D eigenvalue weighted by atomic mass is 10.2. The summed E-state index contributed by atoms with van der Waals surface area (Å²) < 4.78 is 0. The first-order valence-corrected chi connectivity index (χ1v) is 4.38. The SMILES string of the molecule is C.Cc1nc2ccc(N)c(N)c2nc1C. The van der Waals surface area contributed by atoms with E-state index in [4.69, 9.17) is 11.5 Å². The fraction of sp³-hybridized carbons (Fsp3) is 0.273. The minimum absolute atomic E-state index is 0. The predicted molar refractivity (Wildman–Crippen MR) is 64.6 cm³/mol. The number of aryl methyl sites for hydroxylation is 2. The summed E-state index contributed by atoms with van der Waals surface area (Å²) in [6.07, 6.45) is 0. The number of aromatic nitrogens is 2. The van der Waals surface area contributed by atoms with E-state index >= 15 is 0 Å². The Balaban J connectivity index is 0.00000112. The molecule has 0 aliphatic rings. The molecule has 4 nitrogen and oxygen atoms in total. The van der Waals surface area contributed by atoms with E-state index in [0.717, 1.165) is 16.9 Å². The summed E-state index contributed by atoms with van der Waals surface area (Å²) in [5.41, 5.74) is 15.8. The molecule has 0 atom stereocenters. The van der Waals surface area contributed by atoms with E-state index in [9.17, 15) is 0 Å². The van der Waals surface area contributed by atoms with Crippen molar-refractivity contribution in [2.45, 2.75) is 21.3 Å². The van der Waals surface area contributed by atoms with Gasteiger partial charge in [0.25, 0.3) is 0 Å². The first-order chi connectivity index (χ1) is 6.59. The third kappa shape index (κ3) is 1.70. The zero-order valence-electron chi connectivity index (χ0n) is 8.20. The van der Waals surface area contributed by atoms with Gasteiger partial charge in [0.1, 0.15) is 5.52 Å². The van der Waals surface area contributed by atoms with Crippen LogP contribution in [0.4, 0.5) is 11.4 Å². The maximum Gasteiger partial charge on any atom is 0.114 e. The Labute approximate surface area is 89.3 Å². The number of fused-ring (bicyclic) bond motifs is 1. The molecule has 4 heteroatoms. The molecular formula is C11H16N4. The summed E-state index contributed by atoms with van der Waals surface area (Å²) in [4.78, 5) is 8.75. The van der Waals surface area contributed by atoms with Crippen LogP contribution in [0.3, 0.4) is 0 Å². The molecule has 0 radical (unpaired) electrons. The van der Waals surface area contributed by atoms with E-state index in [-0.39, 0.29) is 7.43 Å². The van der Waals surface area contributed by atoms with Gasteiger partial charge >= 0.3 is 0 Å². The molecule has 0 saturated carbocycles. The van der Waals surface area contributed by atoms with Gasteiger partial charge in [-0.15, -0.1) is 0 Å². The van der Waals surface area contributed by atoms with Crippen LogP contribution in [-0.2, 0) is 0 Å². The summed E-state index contributed by atoms with van der Waals surface area (Å²) in [7, 11) is 0. The van der Waals surface area contributed by atoms with Crippen LogP contribution < -0.4 is 11.5 Å². The Morgan fingerprint density at radius 2 is 1.60 bits per heavy atom. The monoisotopic (exact) mass is 204 g/mol. The molecule has 15 heavy (non-hydrogen) atoms. The number of benzene rings is 1. The lowest BCUT2D eigenvalue weighted by Gasteiger charge is -2.06. The Kier molecular flexibility index (Phi) is 2.79. The number of anilines is 2. The van der Waals surface area contributed by atoms with Gasteiger partial charge in [-0.1, -0.05) is 7.43 Å². The maximum absolute atomic E-state index is 5.81. The molecule has 0 bridgehead atoms. The standard InChI is InChI=1S/C10H12N4.CH4/c1-5-6(2)14-10-8(13-5)4-3-7(11)9(10)12;/h3-4H,11-12H2,1-2H3;1H4. The lowest BCUT2D eigenvalue weighted by molar-refractivity contribution is 1.10. The highest BCUT2D eigenvalue weighted by molar-refractivity contribution is 5.93. The molecule has 0 aliphatic heterocycles. The maximum atomic E-state index is 5.81. The highest BCUT2D eigenvalue weighted by Gasteiger charge is 2.06. The third-order valence-electron chi connectivity index (χ3n) is 2.32. The van der Waals surface area contributed by atoms with E-state index in [1.165, 1.54) is 0 Å². The van der Waals surface area contributed by atoms with Crippen LogP contribution >= 0.6 is 0 Å². The zero-order chi connectivity index (χ0) is 10.3. The molecule has 0 fully saturated rings. The minimum atomic E-state index is 0. The molecule has 4 N–H and O–H groups in total. The van der Waals surface area contributed by atoms with E-state index in [2.05, 4.69) is 9.97 Å². The second-order valence-electron chi connectivity index (χ2n) is 3.33. The van der Waals surface area contributed by atoms with Crippen molar-refractivity contribution in [2.75, 3.05) is 11.5 Å². The average molecular weight is 204 g/mol. The van der Waals surface area contributed by atoms with Crippen molar-refractivity contribution < 1.29 is 0 Å². The lowest BCUT2D eigenvalue weighted by Crippen LogP contribution is -2.00. The van der Waals surface area contributed by atoms with Gasteiger partial charge in [0.2, 0.25) is 0 Å². The Hall–Kier alpha value is -1.84. The Bertz CT molecular complexity index is 505. The molecule has 1 aromatic carbocycles. The number of nitrogens with zero attached hydrogens (tertiary/aromatic N) is 2. The third-order valence-corrected chi connectivity index (χ3v) is 2.32. The first kappa shape index (κ1) is 11.2. The van der Waals surface area contributed by atoms with Crippen molar-refractivity contribution in [2.24, 2.45) is 0 Å². The second-order valence-corrected chi connectivity index (χ2v) is 3.33. The fourth-order valence-electron chi connectivity index (χ4n) is 1.33. The largest absolute Gasteiger partial charge is 0.397 e. The van der Waals surface area contributed by atoms with Crippen molar-refractivity contribution in [3.8, 4) is 0 Å². The van der Waals surface area contributed by atoms with Crippen LogP contribution in [0.2, 0.25) is 0 Å². The van der Waals surface area contributed by atoms with Crippen molar-refractivity contribution in [1.82, 2.24) is 9.97 Å². The Morgan fingerprint density at radius 3 is 2.27 bits per heavy atom. The van der Waals surface area contributed by atoms with Crippen molar-refractivity contribution in [3.63, 3.8) is 0 Å². The minimum Gasteiger partial charge on any atom is -0.397 e. The molecule has 1 aromatic heterocycles. The normalized spacial score (nSPS) is 10.0. The second kappa shape index (κ2) is 3.73. The molecular weight excluding hydrogens is 188 g/mol. The smallest absolute Gasteiger partial charge is 0.114 e. The Morgan fingerprint density at radius 1 is 1.00 bits per heavy atom. The van der Waals surface area contributed by atoms with Crippen molar-refractivity contribution in [1.29, 1.82) is 0 Å². The van der Waals surface area contributed by atoms with Gasteiger partial charge in [-0.3, -0.25) is 0 Å². The topological polar surface area (TPSA) is 77.8 Å². The molecule has 1 heterocycles.